The van der Waals surface area contributed by atoms with Crippen LogP contribution in [0, 0.1) is 17.6 Å². The van der Waals surface area contributed by atoms with E-state index in [0.29, 0.717) is 43.6 Å². The van der Waals surface area contributed by atoms with Gasteiger partial charge in [-0.1, -0.05) is 29.8 Å². The van der Waals surface area contributed by atoms with Gasteiger partial charge in [0, 0.05) is 36.6 Å². The van der Waals surface area contributed by atoms with E-state index >= 15 is 0 Å². The number of amides is 2. The number of likely N-dealkylation sites (tertiary alicyclic amines) is 1. The van der Waals surface area contributed by atoms with Crippen LogP contribution in [-0.4, -0.2) is 55.3 Å². The Morgan fingerprint density at radius 1 is 1.16 bits per heavy atom. The molecular weight excluding hydrogens is 424 g/mol. The van der Waals surface area contributed by atoms with Gasteiger partial charge >= 0.3 is 0 Å². The third-order valence-corrected chi connectivity index (χ3v) is 6.02. The third kappa shape index (κ3) is 5.60. The Hall–Kier alpha value is -2.51. The monoisotopic (exact) mass is 449 g/mol. The zero-order chi connectivity index (χ0) is 22.5. The van der Waals surface area contributed by atoms with Crippen molar-refractivity contribution >= 4 is 23.4 Å². The predicted molar refractivity (Wildman–Crippen MR) is 116 cm³/mol. The van der Waals surface area contributed by atoms with E-state index < -0.39 is 17.5 Å². The average molecular weight is 450 g/mol. The van der Waals surface area contributed by atoms with Crippen molar-refractivity contribution in [3.63, 3.8) is 0 Å². The second kappa shape index (κ2) is 10.2. The van der Waals surface area contributed by atoms with Gasteiger partial charge in [-0.3, -0.25) is 9.59 Å². The Kier molecular flexibility index (Phi) is 7.62. The summed E-state index contributed by atoms with van der Waals surface area (Å²) >= 11 is 6.32. The van der Waals surface area contributed by atoms with E-state index in [1.165, 1.54) is 4.90 Å². The van der Waals surface area contributed by atoms with Crippen molar-refractivity contribution in [3.8, 4) is 0 Å². The van der Waals surface area contributed by atoms with Crippen LogP contribution in [0.3, 0.4) is 0 Å². The van der Waals surface area contributed by atoms with Gasteiger partial charge in [-0.25, -0.2) is 8.78 Å². The van der Waals surface area contributed by atoms with Crippen LogP contribution in [0.15, 0.2) is 42.5 Å². The lowest BCUT2D eigenvalue weighted by Crippen LogP contribution is -2.44. The zero-order valence-corrected chi connectivity index (χ0v) is 18.3. The first-order chi connectivity index (χ1) is 14.8. The smallest absolute Gasteiger partial charge is 0.256 e. The van der Waals surface area contributed by atoms with Crippen molar-refractivity contribution in [1.82, 2.24) is 15.1 Å². The topological polar surface area (TPSA) is 52.7 Å². The van der Waals surface area contributed by atoms with Crippen LogP contribution < -0.4 is 5.32 Å². The van der Waals surface area contributed by atoms with Gasteiger partial charge in [0.25, 0.3) is 5.91 Å². The van der Waals surface area contributed by atoms with Gasteiger partial charge in [0.15, 0.2) is 0 Å². The molecule has 2 aromatic carbocycles. The summed E-state index contributed by atoms with van der Waals surface area (Å²) in [6.07, 6.45) is 0.970. The summed E-state index contributed by atoms with van der Waals surface area (Å²) in [4.78, 5) is 28.8. The van der Waals surface area contributed by atoms with Crippen LogP contribution >= 0.6 is 11.6 Å². The fourth-order valence-corrected chi connectivity index (χ4v) is 4.10. The molecule has 1 aliphatic rings. The summed E-state index contributed by atoms with van der Waals surface area (Å²) in [6, 6.07) is 10.4. The van der Waals surface area contributed by atoms with Crippen molar-refractivity contribution < 1.29 is 18.4 Å². The molecule has 1 aliphatic heterocycles. The molecule has 1 atom stereocenters. The minimum atomic E-state index is -0.876. The zero-order valence-electron chi connectivity index (χ0n) is 17.6. The van der Waals surface area contributed by atoms with E-state index in [4.69, 9.17) is 11.6 Å². The fourth-order valence-electron chi connectivity index (χ4n) is 3.84. The number of rotatable bonds is 6. The standard InChI is InChI=1S/C23H26ClF2N3O2/c1-28(2)21(17-5-3-4-6-19(17)24)14-27-22(30)15-9-11-29(12-10-15)23(31)18-8-7-16(25)13-20(18)26/h3-8,13,15,21H,9-12,14H2,1-2H3,(H,27,30). The number of nitrogens with zero attached hydrogens (tertiary/aromatic N) is 2. The Morgan fingerprint density at radius 2 is 1.84 bits per heavy atom. The van der Waals surface area contributed by atoms with Gasteiger partial charge in [-0.15, -0.1) is 0 Å². The van der Waals surface area contributed by atoms with Crippen molar-refractivity contribution in [2.45, 2.75) is 18.9 Å². The molecule has 8 heteroatoms. The lowest BCUT2D eigenvalue weighted by molar-refractivity contribution is -0.126. The van der Waals surface area contributed by atoms with Crippen molar-refractivity contribution in [2.24, 2.45) is 5.92 Å². The summed E-state index contributed by atoms with van der Waals surface area (Å²) < 4.78 is 27.0. The van der Waals surface area contributed by atoms with E-state index in [-0.39, 0.29) is 23.4 Å². The maximum atomic E-state index is 13.9. The van der Waals surface area contributed by atoms with Crippen LogP contribution in [-0.2, 0) is 4.79 Å². The number of hydrogen-bond donors (Lipinski definition) is 1. The first kappa shape index (κ1) is 23.2. The molecule has 1 heterocycles. The minimum Gasteiger partial charge on any atom is -0.354 e. The lowest BCUT2D eigenvalue weighted by atomic mass is 9.95. The van der Waals surface area contributed by atoms with Crippen LogP contribution in [0.1, 0.15) is 34.8 Å². The van der Waals surface area contributed by atoms with Crippen molar-refractivity contribution in [2.75, 3.05) is 33.7 Å². The van der Waals surface area contributed by atoms with E-state index in [9.17, 15) is 18.4 Å². The van der Waals surface area contributed by atoms with Crippen molar-refractivity contribution in [1.29, 1.82) is 0 Å². The molecule has 5 nitrogen and oxygen atoms in total. The molecule has 1 N–H and O–H groups in total. The number of benzene rings is 2. The SMILES string of the molecule is CN(C)C(CNC(=O)C1CCN(C(=O)c2ccc(F)cc2F)CC1)c1ccccc1Cl. The Morgan fingerprint density at radius 3 is 2.45 bits per heavy atom. The molecule has 1 unspecified atom stereocenters. The van der Waals surface area contributed by atoms with Crippen LogP contribution in [0.25, 0.3) is 0 Å². The molecule has 1 saturated heterocycles. The average Bonchev–Trinajstić information content (AvgIpc) is 2.74. The third-order valence-electron chi connectivity index (χ3n) is 5.67. The van der Waals surface area contributed by atoms with Gasteiger partial charge in [0.05, 0.1) is 11.6 Å². The molecule has 0 saturated carbocycles. The van der Waals surface area contributed by atoms with Gasteiger partial charge < -0.3 is 15.1 Å². The highest BCUT2D eigenvalue weighted by molar-refractivity contribution is 6.31. The molecule has 0 aromatic heterocycles. The predicted octanol–water partition coefficient (Wildman–Crippen LogP) is 3.89. The number of nitrogens with one attached hydrogen (secondary N) is 1. The summed E-state index contributed by atoms with van der Waals surface area (Å²) in [5, 5.41) is 3.65. The van der Waals surface area contributed by atoms with Gasteiger partial charge in [-0.05, 0) is 50.7 Å². The Bertz CT molecular complexity index is 946. The van der Waals surface area contributed by atoms with E-state index in [1.807, 2.05) is 43.3 Å². The van der Waals surface area contributed by atoms with E-state index in [2.05, 4.69) is 5.32 Å². The highest BCUT2D eigenvalue weighted by Crippen LogP contribution is 2.26. The minimum absolute atomic E-state index is 0.0687. The molecule has 0 spiro atoms. The Balaban J connectivity index is 1.55. The lowest BCUT2D eigenvalue weighted by Gasteiger charge is -2.32. The number of hydrogen-bond acceptors (Lipinski definition) is 3. The second-order valence-electron chi connectivity index (χ2n) is 7.94. The first-order valence-electron chi connectivity index (χ1n) is 10.2. The molecule has 2 amide bonds. The number of carbonyl (C=O) groups is 2. The van der Waals surface area contributed by atoms with E-state index in [0.717, 1.165) is 17.7 Å². The molecule has 3 rings (SSSR count). The molecule has 1 fully saturated rings. The molecule has 0 bridgehead atoms. The van der Waals surface area contributed by atoms with Crippen LogP contribution in [0.2, 0.25) is 5.02 Å². The summed E-state index contributed by atoms with van der Waals surface area (Å²) in [5.74, 6) is -2.38. The molecule has 0 aliphatic carbocycles. The fraction of sp³-hybridized carbons (Fsp3) is 0.391. The van der Waals surface area contributed by atoms with Crippen molar-refractivity contribution in [3.05, 3.63) is 70.2 Å². The largest absolute Gasteiger partial charge is 0.354 e. The number of piperidine rings is 1. The summed E-state index contributed by atoms with van der Waals surface area (Å²) in [6.45, 7) is 1.10. The molecular formula is C23H26ClF2N3O2. The molecule has 31 heavy (non-hydrogen) atoms. The van der Waals surface area contributed by atoms with Gasteiger partial charge in [-0.2, -0.15) is 0 Å². The molecule has 166 valence electrons. The molecule has 2 aromatic rings. The van der Waals surface area contributed by atoms with Crippen LogP contribution in [0.4, 0.5) is 8.78 Å². The number of likely N-dealkylation sites (N-methyl/N-ethyl adjacent to an activating group) is 1. The molecule has 0 radical (unpaired) electrons. The summed E-state index contributed by atoms with van der Waals surface area (Å²) in [7, 11) is 3.86. The van der Waals surface area contributed by atoms with Gasteiger partial charge in [0.1, 0.15) is 11.6 Å². The maximum Gasteiger partial charge on any atom is 0.256 e. The first-order valence-corrected chi connectivity index (χ1v) is 10.6. The summed E-state index contributed by atoms with van der Waals surface area (Å²) in [5.41, 5.74) is 0.786. The highest BCUT2D eigenvalue weighted by atomic mass is 35.5. The normalized spacial score (nSPS) is 15.7. The number of halogens is 3. The van der Waals surface area contributed by atoms with Crippen LogP contribution in [0.5, 0.6) is 0 Å². The van der Waals surface area contributed by atoms with E-state index in [1.54, 1.807) is 0 Å². The number of carbonyl (C=O) groups excluding carboxylic acids is 2. The van der Waals surface area contributed by atoms with Gasteiger partial charge in [0.2, 0.25) is 5.91 Å². The maximum absolute atomic E-state index is 13.9. The Labute approximate surface area is 186 Å². The second-order valence-corrected chi connectivity index (χ2v) is 8.34. The highest BCUT2D eigenvalue weighted by Gasteiger charge is 2.29. The quantitative estimate of drug-likeness (QED) is 0.728.